The molecule has 0 saturated heterocycles. The largest absolute Gasteiger partial charge is 0.481 e. The Kier molecular flexibility index (Phi) is 4.76. The van der Waals surface area contributed by atoms with Gasteiger partial charge >= 0.3 is 5.97 Å². The lowest BCUT2D eigenvalue weighted by atomic mass is 9.95. The van der Waals surface area contributed by atoms with Gasteiger partial charge in [0.1, 0.15) is 11.7 Å². The number of ketones is 1. The number of hydrogen-bond donors (Lipinski definition) is 1. The van der Waals surface area contributed by atoms with E-state index in [9.17, 15) is 19.7 Å². The topological polar surface area (TPSA) is 97.5 Å². The Bertz CT molecular complexity index is 236. The van der Waals surface area contributed by atoms with Crippen molar-refractivity contribution in [2.75, 3.05) is 0 Å². The smallest absolute Gasteiger partial charge is 0.314 e. The molecule has 2 unspecified atom stereocenters. The van der Waals surface area contributed by atoms with Crippen LogP contribution >= 0.6 is 0 Å². The van der Waals surface area contributed by atoms with Crippen molar-refractivity contribution in [2.45, 2.75) is 32.7 Å². The minimum atomic E-state index is -1.29. The second-order valence-electron chi connectivity index (χ2n) is 3.08. The van der Waals surface area contributed by atoms with Crippen molar-refractivity contribution in [3.05, 3.63) is 10.1 Å². The summed E-state index contributed by atoms with van der Waals surface area (Å²) >= 11 is 0. The number of Topliss-reactive ketones (excluding diaryl/α,β-unsaturated/α-hetero) is 1. The summed E-state index contributed by atoms with van der Waals surface area (Å²) in [4.78, 5) is 31.3. The molecular weight excluding hydrogens is 190 g/mol. The maximum absolute atomic E-state index is 10.9. The highest BCUT2D eigenvalue weighted by Gasteiger charge is 2.31. The van der Waals surface area contributed by atoms with Crippen molar-refractivity contribution in [1.82, 2.24) is 0 Å². The Morgan fingerprint density at radius 1 is 1.50 bits per heavy atom. The first-order valence-electron chi connectivity index (χ1n) is 4.26. The maximum Gasteiger partial charge on any atom is 0.314 e. The summed E-state index contributed by atoms with van der Waals surface area (Å²) < 4.78 is 0. The van der Waals surface area contributed by atoms with Gasteiger partial charge in [0.25, 0.3) is 0 Å². The van der Waals surface area contributed by atoms with Crippen LogP contribution in [0.2, 0.25) is 0 Å². The number of rotatable bonds is 6. The summed E-state index contributed by atoms with van der Waals surface area (Å²) in [5, 5.41) is 19.0. The fourth-order valence-corrected chi connectivity index (χ4v) is 1.11. The second kappa shape index (κ2) is 5.31. The Hall–Kier alpha value is -1.46. The zero-order valence-corrected chi connectivity index (χ0v) is 8.10. The van der Waals surface area contributed by atoms with Crippen LogP contribution in [0.1, 0.15) is 26.7 Å². The van der Waals surface area contributed by atoms with Gasteiger partial charge < -0.3 is 5.11 Å². The van der Waals surface area contributed by atoms with Crippen LogP contribution < -0.4 is 0 Å². The molecule has 0 bridgehead atoms. The molecule has 0 heterocycles. The van der Waals surface area contributed by atoms with E-state index in [1.54, 1.807) is 6.92 Å². The van der Waals surface area contributed by atoms with Gasteiger partial charge in [0, 0.05) is 17.8 Å². The first kappa shape index (κ1) is 12.5. The normalized spacial score (nSPS) is 14.4. The van der Waals surface area contributed by atoms with E-state index in [1.807, 2.05) is 0 Å². The quantitative estimate of drug-likeness (QED) is 0.389. The highest BCUT2D eigenvalue weighted by atomic mass is 16.6. The molecule has 0 aromatic carbocycles. The SMILES string of the molecule is CCC(CC(C(C)=O)C(=O)O)[N+](=O)[O-]. The van der Waals surface area contributed by atoms with Crippen LogP contribution in [-0.4, -0.2) is 27.8 Å². The third kappa shape index (κ3) is 3.51. The van der Waals surface area contributed by atoms with Crippen molar-refractivity contribution in [1.29, 1.82) is 0 Å². The molecule has 0 amide bonds. The number of aliphatic carboxylic acids is 1. The van der Waals surface area contributed by atoms with Gasteiger partial charge in [-0.3, -0.25) is 19.7 Å². The Labute approximate surface area is 81.1 Å². The first-order valence-corrected chi connectivity index (χ1v) is 4.26. The van der Waals surface area contributed by atoms with E-state index in [4.69, 9.17) is 5.11 Å². The van der Waals surface area contributed by atoms with Gasteiger partial charge in [-0.15, -0.1) is 0 Å². The molecular formula is C8H13NO5. The van der Waals surface area contributed by atoms with E-state index in [1.165, 1.54) is 0 Å². The third-order valence-corrected chi connectivity index (χ3v) is 2.07. The molecule has 0 aliphatic heterocycles. The molecule has 0 radical (unpaired) electrons. The molecule has 0 aromatic rings. The highest BCUT2D eigenvalue weighted by Crippen LogP contribution is 2.13. The molecule has 1 N–H and O–H groups in total. The predicted octanol–water partition coefficient (Wildman–Crippen LogP) is 0.722. The molecule has 80 valence electrons. The molecule has 6 heteroatoms. The van der Waals surface area contributed by atoms with Crippen LogP contribution in [0, 0.1) is 16.0 Å². The van der Waals surface area contributed by atoms with Gasteiger partial charge in [0.05, 0.1) is 0 Å². The summed E-state index contributed by atoms with van der Waals surface area (Å²) in [6.45, 7) is 2.72. The number of carbonyl (C=O) groups excluding carboxylic acids is 1. The van der Waals surface area contributed by atoms with Gasteiger partial charge in [-0.05, 0) is 6.92 Å². The number of carboxylic acids is 1. The number of hydrogen-bond acceptors (Lipinski definition) is 4. The third-order valence-electron chi connectivity index (χ3n) is 2.07. The highest BCUT2D eigenvalue weighted by molar-refractivity contribution is 5.96. The van der Waals surface area contributed by atoms with E-state index in [0.29, 0.717) is 0 Å². The van der Waals surface area contributed by atoms with Crippen molar-refractivity contribution in [3.63, 3.8) is 0 Å². The summed E-state index contributed by atoms with van der Waals surface area (Å²) in [5.74, 6) is -3.10. The Morgan fingerprint density at radius 3 is 2.21 bits per heavy atom. The molecule has 0 aromatic heterocycles. The van der Waals surface area contributed by atoms with E-state index in [-0.39, 0.29) is 12.8 Å². The van der Waals surface area contributed by atoms with Gasteiger partial charge in [0.15, 0.2) is 0 Å². The lowest BCUT2D eigenvalue weighted by Crippen LogP contribution is -2.30. The molecule has 2 atom stereocenters. The number of carbonyl (C=O) groups is 2. The summed E-state index contributed by atoms with van der Waals surface area (Å²) in [7, 11) is 0. The van der Waals surface area contributed by atoms with E-state index < -0.39 is 28.6 Å². The summed E-state index contributed by atoms with van der Waals surface area (Å²) in [6.07, 6.45) is -0.00176. The average molecular weight is 203 g/mol. The van der Waals surface area contributed by atoms with Crippen LogP contribution in [-0.2, 0) is 9.59 Å². The monoisotopic (exact) mass is 203 g/mol. The molecule has 0 aliphatic rings. The Balaban J connectivity index is 4.49. The van der Waals surface area contributed by atoms with Crippen molar-refractivity contribution in [3.8, 4) is 0 Å². The molecule has 0 saturated carbocycles. The summed E-state index contributed by atoms with van der Waals surface area (Å²) in [5.41, 5.74) is 0. The van der Waals surface area contributed by atoms with Crippen LogP contribution in [0.5, 0.6) is 0 Å². The second-order valence-corrected chi connectivity index (χ2v) is 3.08. The van der Waals surface area contributed by atoms with Crippen LogP contribution in [0.15, 0.2) is 0 Å². The average Bonchev–Trinajstić information content (AvgIpc) is 2.03. The van der Waals surface area contributed by atoms with Crippen molar-refractivity contribution < 1.29 is 19.6 Å². The zero-order chi connectivity index (χ0) is 11.3. The maximum atomic E-state index is 10.9. The number of nitrogens with zero attached hydrogens (tertiary/aromatic N) is 1. The van der Waals surface area contributed by atoms with Crippen molar-refractivity contribution >= 4 is 11.8 Å². The summed E-state index contributed by atoms with van der Waals surface area (Å²) in [6, 6.07) is -0.958. The zero-order valence-electron chi connectivity index (χ0n) is 8.10. The van der Waals surface area contributed by atoms with Gasteiger partial charge in [-0.25, -0.2) is 0 Å². The Morgan fingerprint density at radius 2 is 2.00 bits per heavy atom. The van der Waals surface area contributed by atoms with E-state index >= 15 is 0 Å². The minimum Gasteiger partial charge on any atom is -0.481 e. The molecule has 0 aliphatic carbocycles. The van der Waals surface area contributed by atoms with Gasteiger partial charge in [-0.2, -0.15) is 0 Å². The van der Waals surface area contributed by atoms with E-state index in [2.05, 4.69) is 0 Å². The molecule has 0 fully saturated rings. The van der Waals surface area contributed by atoms with E-state index in [0.717, 1.165) is 6.92 Å². The van der Waals surface area contributed by atoms with Crippen molar-refractivity contribution in [2.24, 2.45) is 5.92 Å². The number of carboxylic acid groups (broad SMARTS) is 1. The van der Waals surface area contributed by atoms with Crippen LogP contribution in [0.4, 0.5) is 0 Å². The van der Waals surface area contributed by atoms with Gasteiger partial charge in [-0.1, -0.05) is 6.92 Å². The standard InChI is InChI=1S/C8H13NO5/c1-3-6(9(13)14)4-7(5(2)10)8(11)12/h6-7H,3-4H2,1-2H3,(H,11,12). The molecule has 14 heavy (non-hydrogen) atoms. The lowest BCUT2D eigenvalue weighted by molar-refractivity contribution is -0.524. The molecule has 6 nitrogen and oxygen atoms in total. The molecule has 0 rings (SSSR count). The minimum absolute atomic E-state index is 0.226. The fourth-order valence-electron chi connectivity index (χ4n) is 1.11. The first-order chi connectivity index (χ1) is 6.40. The van der Waals surface area contributed by atoms with Crippen LogP contribution in [0.25, 0.3) is 0 Å². The fraction of sp³-hybridized carbons (Fsp3) is 0.750. The number of nitro groups is 1. The molecule has 0 spiro atoms. The lowest BCUT2D eigenvalue weighted by Gasteiger charge is -2.11. The van der Waals surface area contributed by atoms with Crippen LogP contribution in [0.3, 0.4) is 0 Å². The predicted molar refractivity (Wildman–Crippen MR) is 47.5 cm³/mol. The van der Waals surface area contributed by atoms with Gasteiger partial charge in [0.2, 0.25) is 6.04 Å².